The third kappa shape index (κ3) is 2.69. The minimum atomic E-state index is 0.562. The van der Waals surface area contributed by atoms with Gasteiger partial charge in [0.2, 0.25) is 5.13 Å². The van der Waals surface area contributed by atoms with E-state index in [-0.39, 0.29) is 0 Å². The van der Waals surface area contributed by atoms with E-state index in [1.165, 1.54) is 24.4 Å². The van der Waals surface area contributed by atoms with Crippen LogP contribution in [0.25, 0.3) is 11.4 Å². The second-order valence-electron chi connectivity index (χ2n) is 5.42. The molecule has 1 saturated carbocycles. The van der Waals surface area contributed by atoms with Crippen molar-refractivity contribution >= 4 is 22.4 Å². The van der Waals surface area contributed by atoms with Gasteiger partial charge < -0.3 is 5.32 Å². The second-order valence-corrected chi connectivity index (χ2v) is 6.17. The molecule has 2 heterocycles. The Morgan fingerprint density at radius 3 is 2.68 bits per heavy atom. The quantitative estimate of drug-likeness (QED) is 0.791. The van der Waals surface area contributed by atoms with E-state index < -0.39 is 0 Å². The molecule has 110 valence electrons. The van der Waals surface area contributed by atoms with Crippen molar-refractivity contribution in [3.63, 3.8) is 0 Å². The van der Waals surface area contributed by atoms with E-state index in [1.807, 2.05) is 43.5 Å². The summed E-state index contributed by atoms with van der Waals surface area (Å²) >= 11 is 1.34. The summed E-state index contributed by atoms with van der Waals surface area (Å²) in [6, 6.07) is 9.95. The molecule has 22 heavy (non-hydrogen) atoms. The third-order valence-electron chi connectivity index (χ3n) is 3.63. The first-order valence-corrected chi connectivity index (χ1v) is 8.06. The zero-order valence-electron chi connectivity index (χ0n) is 12.2. The molecule has 5 nitrogen and oxygen atoms in total. The predicted octanol–water partition coefficient (Wildman–Crippen LogP) is 3.92. The van der Waals surface area contributed by atoms with Crippen molar-refractivity contribution < 1.29 is 0 Å². The monoisotopic (exact) mass is 309 g/mol. The minimum absolute atomic E-state index is 0.562. The van der Waals surface area contributed by atoms with Crippen molar-refractivity contribution in [2.75, 3.05) is 5.32 Å². The summed E-state index contributed by atoms with van der Waals surface area (Å²) < 4.78 is 4.42. The van der Waals surface area contributed by atoms with Crippen molar-refractivity contribution in [3.05, 3.63) is 48.0 Å². The maximum atomic E-state index is 4.60. The van der Waals surface area contributed by atoms with Gasteiger partial charge in [-0.25, -0.2) is 9.97 Å². The van der Waals surface area contributed by atoms with E-state index in [0.717, 1.165) is 27.9 Å². The molecule has 0 bridgehead atoms. The lowest BCUT2D eigenvalue weighted by molar-refractivity contribution is 0.906. The number of hydrogen-bond donors (Lipinski definition) is 1. The summed E-state index contributed by atoms with van der Waals surface area (Å²) in [5.41, 5.74) is 2.85. The van der Waals surface area contributed by atoms with Gasteiger partial charge in [0.1, 0.15) is 5.82 Å². The number of hydrogen-bond acceptors (Lipinski definition) is 6. The zero-order chi connectivity index (χ0) is 14.9. The molecule has 0 atom stereocenters. The first kappa shape index (κ1) is 13.3. The summed E-state index contributed by atoms with van der Waals surface area (Å²) in [7, 11) is 0. The Kier molecular flexibility index (Phi) is 3.31. The number of nitrogens with one attached hydrogen (secondary N) is 1. The smallest absolute Gasteiger partial charge is 0.207 e. The van der Waals surface area contributed by atoms with Gasteiger partial charge in [-0.1, -0.05) is 18.2 Å². The number of para-hydroxylation sites is 1. The normalized spacial score (nSPS) is 14.0. The lowest BCUT2D eigenvalue weighted by atomic mass is 10.2. The molecular formula is C16H15N5S. The predicted molar refractivity (Wildman–Crippen MR) is 87.4 cm³/mol. The van der Waals surface area contributed by atoms with Crippen LogP contribution in [0.1, 0.15) is 30.3 Å². The summed E-state index contributed by atoms with van der Waals surface area (Å²) in [6.45, 7) is 1.99. The van der Waals surface area contributed by atoms with E-state index in [9.17, 15) is 0 Å². The number of benzene rings is 1. The number of nitrogens with zero attached hydrogens (tertiary/aromatic N) is 4. The van der Waals surface area contributed by atoms with Crippen LogP contribution in [0.5, 0.6) is 0 Å². The highest BCUT2D eigenvalue weighted by Crippen LogP contribution is 2.38. The lowest BCUT2D eigenvalue weighted by Gasteiger charge is -2.03. The number of anilines is 2. The molecule has 1 fully saturated rings. The number of rotatable bonds is 4. The Bertz CT molecular complexity index is 795. The van der Waals surface area contributed by atoms with Gasteiger partial charge in [-0.3, -0.25) is 0 Å². The molecule has 6 heteroatoms. The lowest BCUT2D eigenvalue weighted by Crippen LogP contribution is -1.98. The van der Waals surface area contributed by atoms with Crippen molar-refractivity contribution in [2.45, 2.75) is 25.7 Å². The van der Waals surface area contributed by atoms with Gasteiger partial charge in [0.15, 0.2) is 5.82 Å². The average molecular weight is 309 g/mol. The SMILES string of the molecule is Cc1nc(C2CC2)ncc1-c1nsc(Nc2ccccc2)n1. The van der Waals surface area contributed by atoms with Crippen molar-refractivity contribution in [1.29, 1.82) is 0 Å². The Labute approximate surface area is 132 Å². The first-order chi connectivity index (χ1) is 10.8. The van der Waals surface area contributed by atoms with Gasteiger partial charge in [-0.15, -0.1) is 0 Å². The maximum absolute atomic E-state index is 4.60. The molecule has 4 rings (SSSR count). The minimum Gasteiger partial charge on any atom is -0.330 e. The second kappa shape index (κ2) is 5.46. The molecule has 0 radical (unpaired) electrons. The van der Waals surface area contributed by atoms with Gasteiger partial charge in [0.25, 0.3) is 0 Å². The summed E-state index contributed by atoms with van der Waals surface area (Å²) in [5.74, 6) is 2.20. The highest BCUT2D eigenvalue weighted by atomic mass is 32.1. The van der Waals surface area contributed by atoms with Crippen LogP contribution in [0, 0.1) is 6.92 Å². The highest BCUT2D eigenvalue weighted by Gasteiger charge is 2.27. The summed E-state index contributed by atoms with van der Waals surface area (Å²) in [4.78, 5) is 13.6. The Balaban J connectivity index is 1.58. The van der Waals surface area contributed by atoms with Crippen molar-refractivity contribution in [3.8, 4) is 11.4 Å². The van der Waals surface area contributed by atoms with E-state index >= 15 is 0 Å². The van der Waals surface area contributed by atoms with Crippen LogP contribution < -0.4 is 5.32 Å². The van der Waals surface area contributed by atoms with Gasteiger partial charge in [-0.05, 0) is 31.9 Å². The maximum Gasteiger partial charge on any atom is 0.207 e. The topological polar surface area (TPSA) is 63.6 Å². The van der Waals surface area contributed by atoms with Crippen molar-refractivity contribution in [2.24, 2.45) is 0 Å². The largest absolute Gasteiger partial charge is 0.330 e. The van der Waals surface area contributed by atoms with Crippen LogP contribution in [-0.4, -0.2) is 19.3 Å². The fraction of sp³-hybridized carbons (Fsp3) is 0.250. The van der Waals surface area contributed by atoms with E-state index in [4.69, 9.17) is 0 Å². The molecule has 0 saturated heterocycles. The Morgan fingerprint density at radius 2 is 1.95 bits per heavy atom. The average Bonchev–Trinajstić information content (AvgIpc) is 3.29. The van der Waals surface area contributed by atoms with Crippen LogP contribution in [0.3, 0.4) is 0 Å². The molecule has 1 aliphatic rings. The van der Waals surface area contributed by atoms with Crippen LogP contribution >= 0.6 is 11.5 Å². The Hall–Kier alpha value is -2.34. The molecule has 1 N–H and O–H groups in total. The highest BCUT2D eigenvalue weighted by molar-refractivity contribution is 7.09. The third-order valence-corrected chi connectivity index (χ3v) is 4.26. The number of aryl methyl sites for hydroxylation is 1. The number of aromatic nitrogens is 4. The molecule has 0 amide bonds. The molecule has 1 aromatic carbocycles. The molecule has 2 aromatic heterocycles. The molecule has 3 aromatic rings. The van der Waals surface area contributed by atoms with Crippen LogP contribution in [0.4, 0.5) is 10.8 Å². The van der Waals surface area contributed by atoms with E-state index in [0.29, 0.717) is 11.7 Å². The zero-order valence-corrected chi connectivity index (χ0v) is 13.0. The Morgan fingerprint density at radius 1 is 1.14 bits per heavy atom. The van der Waals surface area contributed by atoms with Gasteiger partial charge in [-0.2, -0.15) is 9.36 Å². The van der Waals surface area contributed by atoms with Crippen molar-refractivity contribution in [1.82, 2.24) is 19.3 Å². The molecule has 0 spiro atoms. The van der Waals surface area contributed by atoms with Crippen LogP contribution in [-0.2, 0) is 0 Å². The van der Waals surface area contributed by atoms with Gasteiger partial charge >= 0.3 is 0 Å². The van der Waals surface area contributed by atoms with Gasteiger partial charge in [0, 0.05) is 29.3 Å². The standard InChI is InChI=1S/C16H15N5S/c1-10-13(9-17-14(18-10)11-7-8-11)15-20-16(22-21-15)19-12-5-3-2-4-6-12/h2-6,9,11H,7-8H2,1H3,(H,19,20,21). The molecule has 0 aliphatic heterocycles. The van der Waals surface area contributed by atoms with E-state index in [2.05, 4.69) is 24.6 Å². The first-order valence-electron chi connectivity index (χ1n) is 7.29. The van der Waals surface area contributed by atoms with Crippen LogP contribution in [0.2, 0.25) is 0 Å². The molecule has 1 aliphatic carbocycles. The fourth-order valence-corrected chi connectivity index (χ4v) is 2.87. The van der Waals surface area contributed by atoms with Gasteiger partial charge in [0.05, 0.1) is 11.3 Å². The molecular weight excluding hydrogens is 294 g/mol. The summed E-state index contributed by atoms with van der Waals surface area (Å²) in [5, 5.41) is 4.03. The summed E-state index contributed by atoms with van der Waals surface area (Å²) in [6.07, 6.45) is 4.27. The van der Waals surface area contributed by atoms with E-state index in [1.54, 1.807) is 0 Å². The fourth-order valence-electron chi connectivity index (χ4n) is 2.27. The van der Waals surface area contributed by atoms with Crippen LogP contribution in [0.15, 0.2) is 36.5 Å². The molecule has 0 unspecified atom stereocenters.